The lowest BCUT2D eigenvalue weighted by molar-refractivity contribution is 0.511. The molecule has 1 saturated carbocycles. The van der Waals surface area contributed by atoms with Gasteiger partial charge in [-0.05, 0) is 26.3 Å². The smallest absolute Gasteiger partial charge is 0.0155 e. The van der Waals surface area contributed by atoms with Crippen LogP contribution in [0.25, 0.3) is 0 Å². The molecule has 19 heavy (non-hydrogen) atoms. The number of unbranched alkanes of at least 4 members (excludes halogenated alkanes) is 6. The van der Waals surface area contributed by atoms with E-state index in [2.05, 4.69) is 31.1 Å². The lowest BCUT2D eigenvalue weighted by Gasteiger charge is -2.18. The summed E-state index contributed by atoms with van der Waals surface area (Å²) in [6.45, 7) is 2.29. The molecule has 0 heterocycles. The Morgan fingerprint density at radius 1 is 1.00 bits per heavy atom. The van der Waals surface area contributed by atoms with E-state index < -0.39 is 0 Å². The standard InChI is InChI=1S/C17H35NS/c1-3-4-5-6-7-8-9-12-16(18-2)15-19-17-13-10-11-14-17/h16-18H,3-15H2,1-2H3. The van der Waals surface area contributed by atoms with Gasteiger partial charge in [-0.2, -0.15) is 11.8 Å². The summed E-state index contributed by atoms with van der Waals surface area (Å²) in [4.78, 5) is 0. The molecule has 114 valence electrons. The molecule has 1 aliphatic carbocycles. The molecule has 1 nitrogen and oxygen atoms in total. The molecule has 1 unspecified atom stereocenters. The zero-order valence-corrected chi connectivity index (χ0v) is 14.1. The topological polar surface area (TPSA) is 12.0 Å². The SMILES string of the molecule is CCCCCCCCCC(CSC1CCCC1)NC. The van der Waals surface area contributed by atoms with E-state index in [4.69, 9.17) is 0 Å². The van der Waals surface area contributed by atoms with Crippen molar-refractivity contribution in [2.75, 3.05) is 12.8 Å². The third kappa shape index (κ3) is 8.96. The fourth-order valence-electron chi connectivity index (χ4n) is 2.97. The second-order valence-corrected chi connectivity index (χ2v) is 7.47. The quantitative estimate of drug-likeness (QED) is 0.482. The van der Waals surface area contributed by atoms with Crippen LogP contribution in [0.2, 0.25) is 0 Å². The highest BCUT2D eigenvalue weighted by Gasteiger charge is 2.16. The van der Waals surface area contributed by atoms with Gasteiger partial charge in [0.25, 0.3) is 0 Å². The van der Waals surface area contributed by atoms with Crippen molar-refractivity contribution in [1.29, 1.82) is 0 Å². The molecule has 0 spiro atoms. The van der Waals surface area contributed by atoms with Gasteiger partial charge in [-0.25, -0.2) is 0 Å². The maximum atomic E-state index is 3.52. The normalized spacial score (nSPS) is 18.0. The van der Waals surface area contributed by atoms with Gasteiger partial charge in [-0.1, -0.05) is 64.7 Å². The summed E-state index contributed by atoms with van der Waals surface area (Å²) in [5, 5.41) is 4.49. The minimum Gasteiger partial charge on any atom is -0.316 e. The molecule has 1 fully saturated rings. The third-order valence-electron chi connectivity index (χ3n) is 4.40. The summed E-state index contributed by atoms with van der Waals surface area (Å²) >= 11 is 2.23. The number of nitrogens with one attached hydrogen (secondary N) is 1. The molecule has 0 saturated heterocycles. The van der Waals surface area contributed by atoms with Crippen LogP contribution in [0.1, 0.15) is 84.0 Å². The minimum absolute atomic E-state index is 0.751. The van der Waals surface area contributed by atoms with Crippen molar-refractivity contribution in [2.45, 2.75) is 95.3 Å². The van der Waals surface area contributed by atoms with Gasteiger partial charge in [0.15, 0.2) is 0 Å². The maximum absolute atomic E-state index is 3.52. The van der Waals surface area contributed by atoms with Crippen LogP contribution in [0.5, 0.6) is 0 Å². The molecule has 0 amide bonds. The molecular weight excluding hydrogens is 250 g/mol. The molecule has 0 bridgehead atoms. The molecule has 0 aromatic heterocycles. The molecule has 0 aliphatic heterocycles. The Morgan fingerprint density at radius 3 is 2.26 bits per heavy atom. The van der Waals surface area contributed by atoms with Crippen LogP contribution in [0, 0.1) is 0 Å². The molecule has 2 heteroatoms. The van der Waals surface area contributed by atoms with Gasteiger partial charge in [0.2, 0.25) is 0 Å². The van der Waals surface area contributed by atoms with Crippen LogP contribution in [0.4, 0.5) is 0 Å². The van der Waals surface area contributed by atoms with Crippen LogP contribution < -0.4 is 5.32 Å². The predicted octanol–water partition coefficient (Wildman–Crippen LogP) is 5.39. The van der Waals surface area contributed by atoms with Crippen molar-refractivity contribution in [3.63, 3.8) is 0 Å². The summed E-state index contributed by atoms with van der Waals surface area (Å²) in [6.07, 6.45) is 17.3. The number of thioether (sulfide) groups is 1. The summed E-state index contributed by atoms with van der Waals surface area (Å²) in [6, 6.07) is 0.751. The van der Waals surface area contributed by atoms with E-state index in [1.54, 1.807) is 0 Å². The number of hydrogen-bond acceptors (Lipinski definition) is 2. The van der Waals surface area contributed by atoms with Crippen LogP contribution >= 0.6 is 11.8 Å². The zero-order chi connectivity index (χ0) is 13.8. The van der Waals surface area contributed by atoms with Crippen molar-refractivity contribution in [3.05, 3.63) is 0 Å². The van der Waals surface area contributed by atoms with E-state index in [1.165, 1.54) is 82.8 Å². The third-order valence-corrected chi connectivity index (χ3v) is 5.94. The van der Waals surface area contributed by atoms with E-state index in [-0.39, 0.29) is 0 Å². The Kier molecular flexibility index (Phi) is 11.0. The zero-order valence-electron chi connectivity index (χ0n) is 13.3. The molecule has 1 rings (SSSR count). The van der Waals surface area contributed by atoms with Crippen molar-refractivity contribution in [3.8, 4) is 0 Å². The summed E-state index contributed by atoms with van der Waals surface area (Å²) in [5.41, 5.74) is 0. The Hall–Kier alpha value is 0.310. The second kappa shape index (κ2) is 12.1. The van der Waals surface area contributed by atoms with Crippen molar-refractivity contribution < 1.29 is 0 Å². The summed E-state index contributed by atoms with van der Waals surface area (Å²) in [7, 11) is 2.14. The minimum atomic E-state index is 0.751. The van der Waals surface area contributed by atoms with Crippen LogP contribution in [-0.2, 0) is 0 Å². The number of rotatable bonds is 12. The first-order valence-electron chi connectivity index (χ1n) is 8.65. The summed E-state index contributed by atoms with van der Waals surface area (Å²) in [5.74, 6) is 1.33. The highest BCUT2D eigenvalue weighted by Crippen LogP contribution is 2.30. The lowest BCUT2D eigenvalue weighted by atomic mass is 10.1. The fraction of sp³-hybridized carbons (Fsp3) is 1.00. The van der Waals surface area contributed by atoms with E-state index in [1.807, 2.05) is 0 Å². The van der Waals surface area contributed by atoms with Gasteiger partial charge in [0.1, 0.15) is 0 Å². The fourth-order valence-corrected chi connectivity index (χ4v) is 4.47. The Bertz CT molecular complexity index is 190. The van der Waals surface area contributed by atoms with E-state index in [9.17, 15) is 0 Å². The van der Waals surface area contributed by atoms with Gasteiger partial charge < -0.3 is 5.32 Å². The average Bonchev–Trinajstić information content (AvgIpc) is 2.94. The van der Waals surface area contributed by atoms with Gasteiger partial charge in [-0.15, -0.1) is 0 Å². The maximum Gasteiger partial charge on any atom is 0.0155 e. The summed E-state index contributed by atoms with van der Waals surface area (Å²) < 4.78 is 0. The predicted molar refractivity (Wildman–Crippen MR) is 90.2 cm³/mol. The lowest BCUT2D eigenvalue weighted by Crippen LogP contribution is -2.28. The van der Waals surface area contributed by atoms with E-state index >= 15 is 0 Å². The van der Waals surface area contributed by atoms with Gasteiger partial charge in [0.05, 0.1) is 0 Å². The highest BCUT2D eigenvalue weighted by molar-refractivity contribution is 7.99. The van der Waals surface area contributed by atoms with Crippen LogP contribution in [-0.4, -0.2) is 24.1 Å². The monoisotopic (exact) mass is 285 g/mol. The first-order valence-corrected chi connectivity index (χ1v) is 9.70. The number of hydrogen-bond donors (Lipinski definition) is 1. The average molecular weight is 286 g/mol. The molecule has 1 atom stereocenters. The Morgan fingerprint density at radius 2 is 1.63 bits per heavy atom. The molecule has 1 N–H and O–H groups in total. The molecule has 0 radical (unpaired) electrons. The van der Waals surface area contributed by atoms with Gasteiger partial charge >= 0.3 is 0 Å². The largest absolute Gasteiger partial charge is 0.316 e. The van der Waals surface area contributed by atoms with Gasteiger partial charge in [0, 0.05) is 17.0 Å². The van der Waals surface area contributed by atoms with Gasteiger partial charge in [-0.3, -0.25) is 0 Å². The first-order chi connectivity index (χ1) is 9.36. The van der Waals surface area contributed by atoms with E-state index in [0.29, 0.717) is 0 Å². The first kappa shape index (κ1) is 17.4. The van der Waals surface area contributed by atoms with Crippen LogP contribution in [0.3, 0.4) is 0 Å². The van der Waals surface area contributed by atoms with Crippen LogP contribution in [0.15, 0.2) is 0 Å². The van der Waals surface area contributed by atoms with Crippen molar-refractivity contribution in [1.82, 2.24) is 5.32 Å². The molecule has 0 aromatic rings. The van der Waals surface area contributed by atoms with E-state index in [0.717, 1.165) is 11.3 Å². The Labute approximate surface area is 125 Å². The second-order valence-electron chi connectivity index (χ2n) is 6.14. The Balaban J connectivity index is 1.92. The molecule has 0 aromatic carbocycles. The van der Waals surface area contributed by atoms with Crippen molar-refractivity contribution in [2.24, 2.45) is 0 Å². The molecular formula is C17H35NS. The van der Waals surface area contributed by atoms with Crippen molar-refractivity contribution >= 4 is 11.8 Å². The highest BCUT2D eigenvalue weighted by atomic mass is 32.2. The molecule has 1 aliphatic rings.